The Bertz CT molecular complexity index is 2070. The third-order valence-corrected chi connectivity index (χ3v) is 11.1. The summed E-state index contributed by atoms with van der Waals surface area (Å²) in [7, 11) is -4.60. The molecule has 254 valence electrons. The zero-order valence-corrected chi connectivity index (χ0v) is 28.5. The zero-order valence-electron chi connectivity index (χ0n) is 26.9. The summed E-state index contributed by atoms with van der Waals surface area (Å²) in [6, 6.07) is 35.3. The van der Waals surface area contributed by atoms with Crippen LogP contribution in [-0.2, 0) is 20.0 Å². The van der Waals surface area contributed by atoms with Gasteiger partial charge in [-0.1, -0.05) is 60.7 Å². The van der Waals surface area contributed by atoms with Gasteiger partial charge in [0, 0.05) is 25.2 Å². The molecule has 2 amide bonds. The van der Waals surface area contributed by atoms with Crippen LogP contribution in [0.1, 0.15) is 31.8 Å². The highest BCUT2D eigenvalue weighted by Crippen LogP contribution is 2.23. The molecule has 0 radical (unpaired) electrons. The molecule has 0 atom stereocenters. The summed E-state index contributed by atoms with van der Waals surface area (Å²) in [4.78, 5) is 25.5. The normalized spacial score (nSPS) is 11.7. The summed E-state index contributed by atoms with van der Waals surface area (Å²) in [6.07, 6.45) is 2.92. The first kappa shape index (κ1) is 35.2. The van der Waals surface area contributed by atoms with E-state index in [0.29, 0.717) is 33.6 Å². The molecule has 0 saturated heterocycles. The maximum Gasteiger partial charge on any atom is 0.271 e. The monoisotopic (exact) mass is 708 g/mol. The van der Waals surface area contributed by atoms with Crippen molar-refractivity contribution in [2.75, 3.05) is 22.7 Å². The maximum atomic E-state index is 12.9. The van der Waals surface area contributed by atoms with Crippen LogP contribution in [0, 0.1) is 0 Å². The van der Waals surface area contributed by atoms with Crippen LogP contribution in [0.25, 0.3) is 0 Å². The lowest BCUT2D eigenvalue weighted by Gasteiger charge is -2.19. The number of benzene rings is 5. The van der Waals surface area contributed by atoms with Gasteiger partial charge < -0.3 is 0 Å². The topological polar surface area (TPSA) is 158 Å². The molecule has 0 heterocycles. The van der Waals surface area contributed by atoms with Crippen molar-refractivity contribution in [3.63, 3.8) is 0 Å². The van der Waals surface area contributed by atoms with Gasteiger partial charge in [0.05, 0.1) is 33.6 Å². The SMILES string of the molecule is CN(c1ccc(C(=O)N/N=C\c2ccc(/C=N\NC(=O)c3ccc(N(C)S(=O)(=O)c4ccccc4)cc3)cc2)cc1)S(=O)(=O)c1ccccc1. The molecule has 5 aromatic carbocycles. The molecular weight excluding hydrogens is 677 g/mol. The smallest absolute Gasteiger partial charge is 0.269 e. The number of nitrogens with zero attached hydrogens (tertiary/aromatic N) is 4. The van der Waals surface area contributed by atoms with E-state index in [9.17, 15) is 26.4 Å². The minimum absolute atomic E-state index is 0.162. The molecule has 0 aliphatic heterocycles. The highest BCUT2D eigenvalue weighted by molar-refractivity contribution is 7.93. The van der Waals surface area contributed by atoms with Gasteiger partial charge in [-0.15, -0.1) is 0 Å². The van der Waals surface area contributed by atoms with Crippen LogP contribution in [0.3, 0.4) is 0 Å². The maximum absolute atomic E-state index is 12.9. The second-order valence-corrected chi connectivity index (χ2v) is 14.7. The molecule has 5 rings (SSSR count). The number of nitrogens with one attached hydrogen (secondary N) is 2. The van der Waals surface area contributed by atoms with Gasteiger partial charge in [-0.2, -0.15) is 10.2 Å². The van der Waals surface area contributed by atoms with Gasteiger partial charge in [0.25, 0.3) is 31.9 Å². The minimum atomic E-state index is -3.74. The predicted octanol–water partition coefficient (Wildman–Crippen LogP) is 4.86. The third kappa shape index (κ3) is 8.29. The second kappa shape index (κ2) is 15.4. The number of amides is 2. The van der Waals surface area contributed by atoms with E-state index in [0.717, 1.165) is 8.61 Å². The Kier molecular flexibility index (Phi) is 10.8. The summed E-state index contributed by atoms with van der Waals surface area (Å²) in [6.45, 7) is 0. The van der Waals surface area contributed by atoms with Crippen molar-refractivity contribution in [2.45, 2.75) is 9.79 Å². The number of hydrogen-bond acceptors (Lipinski definition) is 8. The third-order valence-electron chi connectivity index (χ3n) is 7.49. The molecule has 0 fully saturated rings. The first-order valence-electron chi connectivity index (χ1n) is 15.0. The van der Waals surface area contributed by atoms with Crippen molar-refractivity contribution in [3.05, 3.63) is 156 Å². The fourth-order valence-corrected chi connectivity index (χ4v) is 6.99. The molecule has 0 spiro atoms. The molecule has 0 bridgehead atoms. The van der Waals surface area contributed by atoms with Crippen molar-refractivity contribution in [1.29, 1.82) is 0 Å². The van der Waals surface area contributed by atoms with Crippen molar-refractivity contribution in [3.8, 4) is 0 Å². The number of hydrazone groups is 2. The molecule has 2 N–H and O–H groups in total. The Morgan fingerprint density at radius 3 is 1.14 bits per heavy atom. The van der Waals surface area contributed by atoms with E-state index in [1.54, 1.807) is 84.9 Å². The van der Waals surface area contributed by atoms with Gasteiger partial charge in [-0.3, -0.25) is 18.2 Å². The molecule has 0 saturated carbocycles. The number of rotatable bonds is 12. The fraction of sp³-hybridized carbons (Fsp3) is 0.0556. The summed E-state index contributed by atoms with van der Waals surface area (Å²) in [5, 5.41) is 7.98. The molecule has 50 heavy (non-hydrogen) atoms. The Morgan fingerprint density at radius 1 is 0.500 bits per heavy atom. The van der Waals surface area contributed by atoms with Crippen molar-refractivity contribution >= 4 is 55.7 Å². The van der Waals surface area contributed by atoms with E-state index in [2.05, 4.69) is 21.1 Å². The van der Waals surface area contributed by atoms with Gasteiger partial charge in [-0.05, 0) is 83.9 Å². The van der Waals surface area contributed by atoms with Crippen LogP contribution in [0.15, 0.2) is 153 Å². The molecule has 0 unspecified atom stereocenters. The van der Waals surface area contributed by atoms with Crippen molar-refractivity contribution in [1.82, 2.24) is 10.9 Å². The van der Waals surface area contributed by atoms with Gasteiger partial charge in [-0.25, -0.2) is 27.7 Å². The second-order valence-electron chi connectivity index (χ2n) is 10.7. The number of hydrogen-bond donors (Lipinski definition) is 2. The quantitative estimate of drug-likeness (QED) is 0.139. The molecule has 0 aromatic heterocycles. The van der Waals surface area contributed by atoms with E-state index in [1.165, 1.54) is 75.1 Å². The number of anilines is 2. The highest BCUT2D eigenvalue weighted by atomic mass is 32.2. The lowest BCUT2D eigenvalue weighted by molar-refractivity contribution is 0.0947. The van der Waals surface area contributed by atoms with Gasteiger partial charge in [0.2, 0.25) is 0 Å². The van der Waals surface area contributed by atoms with Crippen LogP contribution in [0.5, 0.6) is 0 Å². The molecule has 5 aromatic rings. The molecule has 0 aliphatic carbocycles. The Hall–Kier alpha value is -6.12. The van der Waals surface area contributed by atoms with Crippen molar-refractivity contribution in [2.24, 2.45) is 10.2 Å². The summed E-state index contributed by atoms with van der Waals surface area (Å²) < 4.78 is 53.7. The average Bonchev–Trinajstić information content (AvgIpc) is 3.15. The lowest BCUT2D eigenvalue weighted by atomic mass is 10.2. The van der Waals surface area contributed by atoms with Gasteiger partial charge >= 0.3 is 0 Å². The van der Waals surface area contributed by atoms with E-state index in [-0.39, 0.29) is 9.79 Å². The molecule has 14 heteroatoms. The lowest BCUT2D eigenvalue weighted by Crippen LogP contribution is -2.26. The summed E-state index contributed by atoms with van der Waals surface area (Å²) in [5.41, 5.74) is 7.65. The zero-order chi connectivity index (χ0) is 35.7. The predicted molar refractivity (Wildman–Crippen MR) is 194 cm³/mol. The van der Waals surface area contributed by atoms with Crippen LogP contribution >= 0.6 is 0 Å². The number of sulfonamides is 2. The average molecular weight is 709 g/mol. The summed E-state index contributed by atoms with van der Waals surface area (Å²) >= 11 is 0. The molecule has 12 nitrogen and oxygen atoms in total. The number of carbonyl (C=O) groups is 2. The van der Waals surface area contributed by atoms with Crippen molar-refractivity contribution < 1.29 is 26.4 Å². The Labute approximate surface area is 290 Å². The largest absolute Gasteiger partial charge is 0.271 e. The standard InChI is InChI=1S/C36H32N6O6S2/c1-41(49(45,46)33-9-5-3-6-10-33)31-21-17-29(18-22-31)35(43)39-37-25-27-13-15-28(16-14-27)26-38-40-36(44)30-19-23-32(24-20-30)42(2)50(47,48)34-11-7-4-8-12-34/h3-26H,1-2H3,(H,39,43)(H,40,44)/b37-25-,38-26-. The fourth-order valence-electron chi connectivity index (χ4n) is 4.55. The molecule has 0 aliphatic rings. The minimum Gasteiger partial charge on any atom is -0.269 e. The van der Waals surface area contributed by atoms with Crippen LogP contribution in [-0.4, -0.2) is 55.2 Å². The van der Waals surface area contributed by atoms with E-state index < -0.39 is 31.9 Å². The van der Waals surface area contributed by atoms with E-state index >= 15 is 0 Å². The Balaban J connectivity index is 1.10. The summed E-state index contributed by atoms with van der Waals surface area (Å²) in [5.74, 6) is -0.945. The highest BCUT2D eigenvalue weighted by Gasteiger charge is 2.22. The van der Waals surface area contributed by atoms with E-state index in [4.69, 9.17) is 0 Å². The first-order valence-corrected chi connectivity index (χ1v) is 17.9. The Morgan fingerprint density at radius 2 is 0.820 bits per heavy atom. The van der Waals surface area contributed by atoms with Crippen LogP contribution in [0.4, 0.5) is 11.4 Å². The van der Waals surface area contributed by atoms with Crippen LogP contribution in [0.2, 0.25) is 0 Å². The van der Waals surface area contributed by atoms with Gasteiger partial charge in [0.1, 0.15) is 0 Å². The molecular formula is C36H32N6O6S2. The first-order chi connectivity index (χ1) is 24.0. The van der Waals surface area contributed by atoms with E-state index in [1.807, 2.05) is 0 Å². The number of carbonyl (C=O) groups excluding carboxylic acids is 2. The van der Waals surface area contributed by atoms with Crippen LogP contribution < -0.4 is 19.5 Å². The van der Waals surface area contributed by atoms with Gasteiger partial charge in [0.15, 0.2) is 0 Å².